The van der Waals surface area contributed by atoms with Crippen LogP contribution >= 0.6 is 11.6 Å². The van der Waals surface area contributed by atoms with E-state index in [0.717, 1.165) is 24.9 Å². The maximum absolute atomic E-state index is 12.0. The molecule has 1 fully saturated rings. The molecule has 1 heterocycles. The Balaban J connectivity index is 2.17. The van der Waals surface area contributed by atoms with Crippen LogP contribution in [0.2, 0.25) is 5.02 Å². The number of methoxy groups -OCH3 is 1. The van der Waals surface area contributed by atoms with E-state index in [1.54, 1.807) is 13.2 Å². The summed E-state index contributed by atoms with van der Waals surface area (Å²) in [4.78, 5) is 12.0. The van der Waals surface area contributed by atoms with Crippen molar-refractivity contribution in [3.8, 4) is 5.75 Å². The van der Waals surface area contributed by atoms with Crippen molar-refractivity contribution in [2.45, 2.75) is 25.8 Å². The first-order chi connectivity index (χ1) is 8.61. The van der Waals surface area contributed by atoms with Crippen molar-refractivity contribution in [2.24, 2.45) is 0 Å². The highest BCUT2D eigenvalue weighted by molar-refractivity contribution is 6.31. The Hall–Kier alpha value is -1.26. The third-order valence-electron chi connectivity index (χ3n) is 3.12. The summed E-state index contributed by atoms with van der Waals surface area (Å²) >= 11 is 6.06. The van der Waals surface area contributed by atoms with Gasteiger partial charge in [-0.3, -0.25) is 4.79 Å². The number of aryl methyl sites for hydroxylation is 1. The molecule has 1 aliphatic rings. The molecule has 5 heteroatoms. The zero-order valence-electron chi connectivity index (χ0n) is 10.5. The van der Waals surface area contributed by atoms with Gasteiger partial charge in [-0.05, 0) is 44.0 Å². The smallest absolute Gasteiger partial charge is 0.241 e. The second-order valence-electron chi connectivity index (χ2n) is 4.44. The molecule has 1 saturated heterocycles. The van der Waals surface area contributed by atoms with Crippen molar-refractivity contribution in [3.63, 3.8) is 0 Å². The minimum Gasteiger partial charge on any atom is -0.495 e. The molecule has 1 unspecified atom stereocenters. The maximum Gasteiger partial charge on any atom is 0.241 e. The Bertz CT molecular complexity index is 457. The summed E-state index contributed by atoms with van der Waals surface area (Å²) in [6.07, 6.45) is 1.90. The molecule has 1 aliphatic heterocycles. The highest BCUT2D eigenvalue weighted by Gasteiger charge is 2.23. The second kappa shape index (κ2) is 5.59. The standard InChI is InChI=1S/C13H17ClN2O2/c1-8-6-12(18-2)11(7-9(8)14)16-13(17)10-4-3-5-15-10/h6-7,10,15H,3-5H2,1-2H3,(H,16,17). The van der Waals surface area contributed by atoms with E-state index in [2.05, 4.69) is 10.6 Å². The average molecular weight is 269 g/mol. The number of ether oxygens (including phenoxy) is 1. The van der Waals surface area contributed by atoms with Gasteiger partial charge in [0.15, 0.2) is 0 Å². The highest BCUT2D eigenvalue weighted by atomic mass is 35.5. The second-order valence-corrected chi connectivity index (χ2v) is 4.85. The zero-order chi connectivity index (χ0) is 13.1. The van der Waals surface area contributed by atoms with Crippen LogP contribution in [0, 0.1) is 6.92 Å². The number of carbonyl (C=O) groups is 1. The third-order valence-corrected chi connectivity index (χ3v) is 3.52. The quantitative estimate of drug-likeness (QED) is 0.885. The number of hydrogen-bond donors (Lipinski definition) is 2. The number of amides is 1. The number of rotatable bonds is 3. The fourth-order valence-corrected chi connectivity index (χ4v) is 2.21. The summed E-state index contributed by atoms with van der Waals surface area (Å²) < 4.78 is 5.25. The van der Waals surface area contributed by atoms with Gasteiger partial charge in [-0.2, -0.15) is 0 Å². The van der Waals surface area contributed by atoms with Gasteiger partial charge >= 0.3 is 0 Å². The Labute approximate surface area is 112 Å². The van der Waals surface area contributed by atoms with E-state index < -0.39 is 0 Å². The normalized spacial score (nSPS) is 18.7. The third kappa shape index (κ3) is 2.76. The first-order valence-corrected chi connectivity index (χ1v) is 6.38. The number of halogens is 1. The topological polar surface area (TPSA) is 50.4 Å². The highest BCUT2D eigenvalue weighted by Crippen LogP contribution is 2.31. The van der Waals surface area contributed by atoms with Crippen molar-refractivity contribution < 1.29 is 9.53 Å². The molecular formula is C13H17ClN2O2. The largest absolute Gasteiger partial charge is 0.495 e. The monoisotopic (exact) mass is 268 g/mol. The molecule has 0 saturated carbocycles. The lowest BCUT2D eigenvalue weighted by atomic mass is 10.2. The van der Waals surface area contributed by atoms with Crippen LogP contribution in [0.4, 0.5) is 5.69 Å². The molecule has 1 amide bonds. The van der Waals surface area contributed by atoms with Gasteiger partial charge in [-0.15, -0.1) is 0 Å². The van der Waals surface area contributed by atoms with Gasteiger partial charge < -0.3 is 15.4 Å². The van der Waals surface area contributed by atoms with Crippen LogP contribution in [0.25, 0.3) is 0 Å². The van der Waals surface area contributed by atoms with Crippen LogP contribution in [0.15, 0.2) is 12.1 Å². The number of carbonyl (C=O) groups excluding carboxylic acids is 1. The van der Waals surface area contributed by atoms with Crippen LogP contribution in [0.5, 0.6) is 5.75 Å². The molecule has 98 valence electrons. The predicted octanol–water partition coefficient (Wildman–Crippen LogP) is 2.35. The van der Waals surface area contributed by atoms with Gasteiger partial charge in [0, 0.05) is 5.02 Å². The van der Waals surface area contributed by atoms with Crippen LogP contribution in [-0.2, 0) is 4.79 Å². The molecule has 2 N–H and O–H groups in total. The minimum absolute atomic E-state index is 0.0364. The Morgan fingerprint density at radius 1 is 1.56 bits per heavy atom. The molecule has 0 spiro atoms. The maximum atomic E-state index is 12.0. The molecular weight excluding hydrogens is 252 g/mol. The molecule has 1 atom stereocenters. The van der Waals surface area contributed by atoms with E-state index >= 15 is 0 Å². The van der Waals surface area contributed by atoms with Gasteiger partial charge in [0.25, 0.3) is 0 Å². The first-order valence-electron chi connectivity index (χ1n) is 6.00. The van der Waals surface area contributed by atoms with E-state index in [4.69, 9.17) is 16.3 Å². The lowest BCUT2D eigenvalue weighted by Crippen LogP contribution is -2.35. The van der Waals surface area contributed by atoms with Crippen LogP contribution in [0.3, 0.4) is 0 Å². The summed E-state index contributed by atoms with van der Waals surface area (Å²) in [5, 5.41) is 6.63. The Kier molecular flexibility index (Phi) is 4.09. The first kappa shape index (κ1) is 13.2. The summed E-state index contributed by atoms with van der Waals surface area (Å²) in [6.45, 7) is 2.79. The summed E-state index contributed by atoms with van der Waals surface area (Å²) in [5.41, 5.74) is 1.54. The van der Waals surface area contributed by atoms with Crippen molar-refractivity contribution >= 4 is 23.2 Å². The summed E-state index contributed by atoms with van der Waals surface area (Å²) in [6, 6.07) is 3.43. The zero-order valence-corrected chi connectivity index (χ0v) is 11.3. The molecule has 0 bridgehead atoms. The van der Waals surface area contributed by atoms with Gasteiger partial charge in [0.2, 0.25) is 5.91 Å². The van der Waals surface area contributed by atoms with Gasteiger partial charge in [-0.25, -0.2) is 0 Å². The van der Waals surface area contributed by atoms with Crippen molar-refractivity contribution in [3.05, 3.63) is 22.7 Å². The molecule has 18 heavy (non-hydrogen) atoms. The van der Waals surface area contributed by atoms with Crippen molar-refractivity contribution in [1.82, 2.24) is 5.32 Å². The average Bonchev–Trinajstić information content (AvgIpc) is 2.87. The van der Waals surface area contributed by atoms with Crippen LogP contribution in [-0.4, -0.2) is 25.6 Å². The summed E-state index contributed by atoms with van der Waals surface area (Å²) in [7, 11) is 1.58. The number of anilines is 1. The lowest BCUT2D eigenvalue weighted by Gasteiger charge is -2.15. The molecule has 0 aliphatic carbocycles. The predicted molar refractivity (Wildman–Crippen MR) is 72.4 cm³/mol. The van der Waals surface area contributed by atoms with E-state index in [1.807, 2.05) is 13.0 Å². The van der Waals surface area contributed by atoms with Crippen LogP contribution in [0.1, 0.15) is 18.4 Å². The molecule has 2 rings (SSSR count). The molecule has 0 aromatic heterocycles. The fourth-order valence-electron chi connectivity index (χ4n) is 2.05. The van der Waals surface area contributed by atoms with Gasteiger partial charge in [0.05, 0.1) is 18.8 Å². The fraction of sp³-hybridized carbons (Fsp3) is 0.462. The molecule has 1 aromatic rings. The van der Waals surface area contributed by atoms with Crippen molar-refractivity contribution in [2.75, 3.05) is 19.0 Å². The molecule has 0 radical (unpaired) electrons. The Morgan fingerprint density at radius 3 is 2.94 bits per heavy atom. The molecule has 4 nitrogen and oxygen atoms in total. The van der Waals surface area contributed by atoms with E-state index in [-0.39, 0.29) is 11.9 Å². The van der Waals surface area contributed by atoms with E-state index in [0.29, 0.717) is 16.5 Å². The van der Waals surface area contributed by atoms with Crippen molar-refractivity contribution in [1.29, 1.82) is 0 Å². The Morgan fingerprint density at radius 2 is 2.33 bits per heavy atom. The minimum atomic E-state index is -0.116. The SMILES string of the molecule is COc1cc(C)c(Cl)cc1NC(=O)C1CCCN1. The number of hydrogen-bond acceptors (Lipinski definition) is 3. The lowest BCUT2D eigenvalue weighted by molar-refractivity contribution is -0.117. The van der Waals surface area contributed by atoms with Crippen LogP contribution < -0.4 is 15.4 Å². The van der Waals surface area contributed by atoms with E-state index in [1.165, 1.54) is 0 Å². The van der Waals surface area contributed by atoms with Gasteiger partial charge in [-0.1, -0.05) is 11.6 Å². The number of benzene rings is 1. The van der Waals surface area contributed by atoms with E-state index in [9.17, 15) is 4.79 Å². The summed E-state index contributed by atoms with van der Waals surface area (Å²) in [5.74, 6) is 0.592. The number of nitrogens with one attached hydrogen (secondary N) is 2. The molecule has 1 aromatic carbocycles. The van der Waals surface area contributed by atoms with Gasteiger partial charge in [0.1, 0.15) is 5.75 Å².